The molecular weight excluding hydrogens is 174 g/mol. The van der Waals surface area contributed by atoms with Gasteiger partial charge in [0.25, 0.3) is 0 Å². The molecular formula is C12H19NO. The largest absolute Gasteiger partial charge is 0.465 e. The lowest BCUT2D eigenvalue weighted by atomic mass is 10.1. The summed E-state index contributed by atoms with van der Waals surface area (Å²) in [5.74, 6) is 2.01. The van der Waals surface area contributed by atoms with Crippen LogP contribution >= 0.6 is 0 Å². The second-order valence-corrected chi connectivity index (χ2v) is 3.42. The third-order valence-electron chi connectivity index (χ3n) is 2.21. The van der Waals surface area contributed by atoms with Crippen molar-refractivity contribution in [3.8, 4) is 0 Å². The first kappa shape index (κ1) is 11.1. The third kappa shape index (κ3) is 3.04. The molecule has 1 aromatic rings. The molecule has 1 N–H and O–H groups in total. The molecule has 0 radical (unpaired) electrons. The van der Waals surface area contributed by atoms with Gasteiger partial charge in [-0.1, -0.05) is 13.0 Å². The van der Waals surface area contributed by atoms with Gasteiger partial charge in [-0.25, -0.2) is 0 Å². The fraction of sp³-hybridized carbons (Fsp3) is 0.500. The molecule has 2 heteroatoms. The number of allylic oxidation sites excluding steroid dienone is 1. The zero-order chi connectivity index (χ0) is 10.4. The van der Waals surface area contributed by atoms with Crippen molar-refractivity contribution in [2.24, 2.45) is 0 Å². The van der Waals surface area contributed by atoms with Gasteiger partial charge in [0.05, 0.1) is 6.04 Å². The molecule has 2 nitrogen and oxygen atoms in total. The van der Waals surface area contributed by atoms with Crippen molar-refractivity contribution in [1.82, 2.24) is 5.32 Å². The third-order valence-corrected chi connectivity index (χ3v) is 2.21. The first-order chi connectivity index (χ1) is 6.77. The van der Waals surface area contributed by atoms with Crippen molar-refractivity contribution in [2.45, 2.75) is 32.7 Å². The molecule has 1 heterocycles. The zero-order valence-corrected chi connectivity index (χ0v) is 9.05. The Kier molecular flexibility index (Phi) is 4.47. The highest BCUT2D eigenvalue weighted by Gasteiger charge is 2.12. The van der Waals surface area contributed by atoms with E-state index in [0.29, 0.717) is 6.04 Å². The van der Waals surface area contributed by atoms with Gasteiger partial charge in [0, 0.05) is 0 Å². The summed E-state index contributed by atoms with van der Waals surface area (Å²) in [5.41, 5.74) is 0. The van der Waals surface area contributed by atoms with Gasteiger partial charge < -0.3 is 9.73 Å². The van der Waals surface area contributed by atoms with Crippen LogP contribution in [0.5, 0.6) is 0 Å². The molecule has 0 aliphatic rings. The van der Waals surface area contributed by atoms with Crippen molar-refractivity contribution in [3.63, 3.8) is 0 Å². The Bertz CT molecular complexity index is 278. The van der Waals surface area contributed by atoms with Crippen LogP contribution in [0.25, 0.3) is 0 Å². The van der Waals surface area contributed by atoms with Gasteiger partial charge in [0.1, 0.15) is 11.5 Å². The lowest BCUT2D eigenvalue weighted by Crippen LogP contribution is -2.20. The highest BCUT2D eigenvalue weighted by molar-refractivity contribution is 5.09. The van der Waals surface area contributed by atoms with Crippen LogP contribution in [0.3, 0.4) is 0 Å². The Hall–Kier alpha value is -1.02. The van der Waals surface area contributed by atoms with Gasteiger partial charge >= 0.3 is 0 Å². The number of rotatable bonds is 6. The van der Waals surface area contributed by atoms with E-state index in [1.54, 1.807) is 0 Å². The summed E-state index contributed by atoms with van der Waals surface area (Å²) in [7, 11) is 0. The summed E-state index contributed by atoms with van der Waals surface area (Å²) < 4.78 is 5.60. The van der Waals surface area contributed by atoms with E-state index in [1.165, 1.54) is 0 Å². The van der Waals surface area contributed by atoms with E-state index in [1.807, 2.05) is 25.1 Å². The molecule has 0 fully saturated rings. The van der Waals surface area contributed by atoms with Crippen LogP contribution in [0.15, 0.2) is 29.2 Å². The molecule has 0 aliphatic heterocycles. The highest BCUT2D eigenvalue weighted by Crippen LogP contribution is 2.20. The maximum absolute atomic E-state index is 5.60. The normalized spacial score (nSPS) is 12.7. The van der Waals surface area contributed by atoms with E-state index < -0.39 is 0 Å². The zero-order valence-electron chi connectivity index (χ0n) is 9.05. The molecule has 0 aromatic carbocycles. The molecule has 14 heavy (non-hydrogen) atoms. The minimum absolute atomic E-state index is 0.326. The highest BCUT2D eigenvalue weighted by atomic mass is 16.3. The van der Waals surface area contributed by atoms with Crippen LogP contribution < -0.4 is 5.32 Å². The number of hydrogen-bond donors (Lipinski definition) is 1. The summed E-state index contributed by atoms with van der Waals surface area (Å²) in [6, 6.07) is 4.38. The van der Waals surface area contributed by atoms with Gasteiger partial charge in [-0.2, -0.15) is 0 Å². The molecule has 0 spiro atoms. The molecule has 1 aromatic heterocycles. The summed E-state index contributed by atoms with van der Waals surface area (Å²) in [4.78, 5) is 0. The summed E-state index contributed by atoms with van der Waals surface area (Å²) in [5, 5.41) is 3.41. The topological polar surface area (TPSA) is 25.2 Å². The van der Waals surface area contributed by atoms with Crippen molar-refractivity contribution in [2.75, 3.05) is 6.54 Å². The second kappa shape index (κ2) is 5.66. The standard InChI is InChI=1S/C12H19NO/c1-4-6-7-11(13-5-2)12-9-8-10(3)14-12/h4,8-9,11,13H,1,5-7H2,2-3H3. The van der Waals surface area contributed by atoms with Crippen molar-refractivity contribution in [3.05, 3.63) is 36.3 Å². The number of furan rings is 1. The Morgan fingerprint density at radius 3 is 2.86 bits per heavy atom. The van der Waals surface area contributed by atoms with E-state index in [2.05, 4.69) is 18.8 Å². The van der Waals surface area contributed by atoms with Gasteiger partial charge in [0.15, 0.2) is 0 Å². The van der Waals surface area contributed by atoms with Crippen molar-refractivity contribution >= 4 is 0 Å². The Morgan fingerprint density at radius 2 is 2.36 bits per heavy atom. The van der Waals surface area contributed by atoms with Crippen LogP contribution in [-0.2, 0) is 0 Å². The van der Waals surface area contributed by atoms with Crippen molar-refractivity contribution < 1.29 is 4.42 Å². The average Bonchev–Trinajstić information content (AvgIpc) is 2.59. The van der Waals surface area contributed by atoms with E-state index in [9.17, 15) is 0 Å². The lowest BCUT2D eigenvalue weighted by molar-refractivity contribution is 0.392. The van der Waals surface area contributed by atoms with E-state index in [4.69, 9.17) is 4.42 Å². The molecule has 0 amide bonds. The van der Waals surface area contributed by atoms with Crippen LogP contribution in [0.2, 0.25) is 0 Å². The molecule has 1 unspecified atom stereocenters. The maximum Gasteiger partial charge on any atom is 0.121 e. The monoisotopic (exact) mass is 193 g/mol. The summed E-state index contributed by atoms with van der Waals surface area (Å²) in [6.07, 6.45) is 4.00. The number of hydrogen-bond acceptors (Lipinski definition) is 2. The van der Waals surface area contributed by atoms with Crippen LogP contribution in [0.1, 0.15) is 37.3 Å². The fourth-order valence-electron chi connectivity index (χ4n) is 1.52. The molecule has 1 atom stereocenters. The minimum Gasteiger partial charge on any atom is -0.465 e. The van der Waals surface area contributed by atoms with E-state index in [0.717, 1.165) is 30.9 Å². The minimum atomic E-state index is 0.326. The Labute approximate surface area is 86.0 Å². The molecule has 78 valence electrons. The van der Waals surface area contributed by atoms with Gasteiger partial charge in [0.2, 0.25) is 0 Å². The van der Waals surface area contributed by atoms with Crippen LogP contribution in [-0.4, -0.2) is 6.54 Å². The SMILES string of the molecule is C=CCCC(NCC)c1ccc(C)o1. The summed E-state index contributed by atoms with van der Waals surface area (Å²) >= 11 is 0. The Morgan fingerprint density at radius 1 is 1.57 bits per heavy atom. The summed E-state index contributed by atoms with van der Waals surface area (Å²) in [6.45, 7) is 8.77. The molecule has 0 saturated heterocycles. The average molecular weight is 193 g/mol. The van der Waals surface area contributed by atoms with Crippen molar-refractivity contribution in [1.29, 1.82) is 0 Å². The molecule has 0 saturated carbocycles. The first-order valence-electron chi connectivity index (χ1n) is 5.18. The molecule has 0 aliphatic carbocycles. The maximum atomic E-state index is 5.60. The molecule has 1 rings (SSSR count). The van der Waals surface area contributed by atoms with Gasteiger partial charge in [-0.3, -0.25) is 0 Å². The fourth-order valence-corrected chi connectivity index (χ4v) is 1.52. The van der Waals surface area contributed by atoms with Crippen LogP contribution in [0.4, 0.5) is 0 Å². The predicted molar refractivity (Wildman–Crippen MR) is 59.3 cm³/mol. The van der Waals surface area contributed by atoms with Gasteiger partial charge in [-0.05, 0) is 38.4 Å². The van der Waals surface area contributed by atoms with E-state index >= 15 is 0 Å². The van der Waals surface area contributed by atoms with Crippen LogP contribution in [0, 0.1) is 6.92 Å². The second-order valence-electron chi connectivity index (χ2n) is 3.42. The van der Waals surface area contributed by atoms with E-state index in [-0.39, 0.29) is 0 Å². The predicted octanol–water partition coefficient (Wildman–Crippen LogP) is 3.20. The first-order valence-corrected chi connectivity index (χ1v) is 5.18. The number of aryl methyl sites for hydroxylation is 1. The number of nitrogens with one attached hydrogen (secondary N) is 1. The Balaban J connectivity index is 2.61. The van der Waals surface area contributed by atoms with Gasteiger partial charge in [-0.15, -0.1) is 6.58 Å². The lowest BCUT2D eigenvalue weighted by Gasteiger charge is -2.14. The quantitative estimate of drug-likeness (QED) is 0.702. The smallest absolute Gasteiger partial charge is 0.121 e. The molecule has 0 bridgehead atoms.